The predicted molar refractivity (Wildman–Crippen MR) is 118 cm³/mol. The molecule has 1 amide bonds. The van der Waals surface area contributed by atoms with E-state index in [1.165, 1.54) is 6.07 Å². The van der Waals surface area contributed by atoms with Gasteiger partial charge in [0.25, 0.3) is 5.91 Å². The molecule has 2 saturated heterocycles. The first-order valence-corrected chi connectivity index (χ1v) is 10.6. The van der Waals surface area contributed by atoms with E-state index in [-0.39, 0.29) is 25.5 Å². The van der Waals surface area contributed by atoms with Crippen LogP contribution < -0.4 is 15.7 Å². The number of hydrogen-bond acceptors (Lipinski definition) is 5. The fourth-order valence-corrected chi connectivity index (χ4v) is 4.61. The van der Waals surface area contributed by atoms with Crippen molar-refractivity contribution in [3.63, 3.8) is 0 Å². The van der Waals surface area contributed by atoms with Crippen molar-refractivity contribution in [3.8, 4) is 0 Å². The van der Waals surface area contributed by atoms with E-state index in [0.717, 1.165) is 0 Å². The molecule has 2 fully saturated rings. The minimum atomic E-state index is -2.59. The van der Waals surface area contributed by atoms with E-state index in [2.05, 4.69) is 15.8 Å². The third-order valence-electron chi connectivity index (χ3n) is 5.55. The summed E-state index contributed by atoms with van der Waals surface area (Å²) in [4.78, 5) is 22.9. The molecule has 2 atom stereocenters. The highest BCUT2D eigenvalue weighted by molar-refractivity contribution is 7.80. The summed E-state index contributed by atoms with van der Waals surface area (Å²) < 4.78 is 28.5. The number of carbonyl (C=O) groups excluding carboxylic acids is 1. The fourth-order valence-electron chi connectivity index (χ4n) is 3.82. The lowest BCUT2D eigenvalue weighted by atomic mass is 9.80. The van der Waals surface area contributed by atoms with Gasteiger partial charge in [-0.2, -0.15) is 0 Å². The van der Waals surface area contributed by atoms with Gasteiger partial charge in [-0.3, -0.25) is 14.6 Å². The topological polar surface area (TPSA) is 66.5 Å². The Labute approximate surface area is 192 Å². The van der Waals surface area contributed by atoms with Crippen molar-refractivity contribution in [2.75, 3.05) is 24.6 Å². The highest BCUT2D eigenvalue weighted by Gasteiger charge is 2.47. The third-order valence-corrected chi connectivity index (χ3v) is 6.31. The Morgan fingerprint density at radius 1 is 1.32 bits per heavy atom. The van der Waals surface area contributed by atoms with Crippen molar-refractivity contribution in [1.82, 2.24) is 15.8 Å². The molecule has 0 spiro atoms. The zero-order chi connectivity index (χ0) is 22.2. The molecule has 4 rings (SSSR count). The van der Waals surface area contributed by atoms with Crippen LogP contribution in [0.15, 0.2) is 36.5 Å². The van der Waals surface area contributed by atoms with Crippen molar-refractivity contribution in [2.24, 2.45) is 0 Å². The highest BCUT2D eigenvalue weighted by Crippen LogP contribution is 2.43. The summed E-state index contributed by atoms with van der Waals surface area (Å²) in [6.45, 7) is 0.691. The summed E-state index contributed by atoms with van der Waals surface area (Å²) in [5.41, 5.74) is 2.46. The normalized spacial score (nSPS) is 23.3. The van der Waals surface area contributed by atoms with E-state index >= 15 is 0 Å². The smallest absolute Gasteiger partial charge is 0.268 e. The van der Waals surface area contributed by atoms with Gasteiger partial charge in [-0.05, 0) is 42.3 Å². The molecule has 2 aliphatic rings. The second-order valence-electron chi connectivity index (χ2n) is 7.49. The molecule has 11 heteroatoms. The van der Waals surface area contributed by atoms with Crippen molar-refractivity contribution < 1.29 is 18.4 Å². The summed E-state index contributed by atoms with van der Waals surface area (Å²) >= 11 is 17.4. The maximum atomic E-state index is 14.2. The first-order chi connectivity index (χ1) is 14.8. The molecule has 0 radical (unpaired) electrons. The SMILES string of the molecule is O=C1NOCC1NC(=S)c1ccc(N2CCC(c3cc(Cl)cc(Cl)c3)(C(F)F)C2)cn1. The van der Waals surface area contributed by atoms with Crippen LogP contribution in [0.25, 0.3) is 0 Å². The van der Waals surface area contributed by atoms with E-state index in [0.29, 0.717) is 38.5 Å². The summed E-state index contributed by atoms with van der Waals surface area (Å²) in [7, 11) is 0. The Balaban J connectivity index is 1.50. The molecule has 0 saturated carbocycles. The van der Waals surface area contributed by atoms with Crippen LogP contribution in [0.4, 0.5) is 14.5 Å². The molecule has 1 aromatic carbocycles. The van der Waals surface area contributed by atoms with Gasteiger partial charge in [0, 0.05) is 23.1 Å². The first-order valence-electron chi connectivity index (χ1n) is 9.47. The molecule has 6 nitrogen and oxygen atoms in total. The monoisotopic (exact) mass is 486 g/mol. The molecule has 31 heavy (non-hydrogen) atoms. The second kappa shape index (κ2) is 8.82. The molecule has 2 unspecified atom stereocenters. The maximum absolute atomic E-state index is 14.2. The van der Waals surface area contributed by atoms with Gasteiger partial charge in [-0.25, -0.2) is 14.3 Å². The molecule has 2 aliphatic heterocycles. The van der Waals surface area contributed by atoms with Crippen LogP contribution >= 0.6 is 35.4 Å². The van der Waals surface area contributed by atoms with Crippen LogP contribution in [-0.2, 0) is 15.0 Å². The Hall–Kier alpha value is -2.07. The minimum Gasteiger partial charge on any atom is -0.369 e. The minimum absolute atomic E-state index is 0.102. The largest absolute Gasteiger partial charge is 0.369 e. The van der Waals surface area contributed by atoms with Crippen LogP contribution in [0.1, 0.15) is 17.7 Å². The van der Waals surface area contributed by atoms with E-state index in [4.69, 9.17) is 40.3 Å². The molecule has 2 N–H and O–H groups in total. The quantitative estimate of drug-likeness (QED) is 0.630. The number of halogens is 4. The maximum Gasteiger partial charge on any atom is 0.268 e. The molecule has 0 bridgehead atoms. The number of pyridine rings is 1. The van der Waals surface area contributed by atoms with Crippen molar-refractivity contribution in [3.05, 3.63) is 57.8 Å². The molecular weight excluding hydrogens is 469 g/mol. The van der Waals surface area contributed by atoms with E-state index in [1.54, 1.807) is 30.5 Å². The summed E-state index contributed by atoms with van der Waals surface area (Å²) in [6, 6.07) is 7.52. The zero-order valence-corrected chi connectivity index (χ0v) is 18.4. The molecule has 2 aromatic rings. The average molecular weight is 487 g/mol. The molecule has 164 valence electrons. The van der Waals surface area contributed by atoms with Gasteiger partial charge in [0.1, 0.15) is 17.6 Å². The van der Waals surface area contributed by atoms with Gasteiger partial charge in [0.2, 0.25) is 6.43 Å². The lowest BCUT2D eigenvalue weighted by Crippen LogP contribution is -2.41. The van der Waals surface area contributed by atoms with Crippen LogP contribution in [-0.4, -0.2) is 48.0 Å². The van der Waals surface area contributed by atoms with Gasteiger partial charge in [0.05, 0.1) is 23.0 Å². The molecule has 0 aliphatic carbocycles. The number of nitrogens with zero attached hydrogens (tertiary/aromatic N) is 2. The number of carbonyl (C=O) groups is 1. The number of alkyl halides is 2. The highest BCUT2D eigenvalue weighted by atomic mass is 35.5. The van der Waals surface area contributed by atoms with Gasteiger partial charge in [0.15, 0.2) is 0 Å². The van der Waals surface area contributed by atoms with Crippen molar-refractivity contribution >= 4 is 52.0 Å². The van der Waals surface area contributed by atoms with E-state index in [9.17, 15) is 13.6 Å². The fraction of sp³-hybridized carbons (Fsp3) is 0.350. The Kier molecular flexibility index (Phi) is 6.30. The van der Waals surface area contributed by atoms with Gasteiger partial charge in [-0.15, -0.1) is 0 Å². The molecular formula is C20H18Cl2F2N4O2S. The number of hydroxylamine groups is 1. The number of amides is 1. The summed E-state index contributed by atoms with van der Waals surface area (Å²) in [5, 5.41) is 3.54. The molecule has 3 heterocycles. The van der Waals surface area contributed by atoms with Gasteiger partial charge >= 0.3 is 0 Å². The number of benzene rings is 1. The van der Waals surface area contributed by atoms with E-state index < -0.39 is 17.9 Å². The third kappa shape index (κ3) is 4.45. The first kappa shape index (κ1) is 22.1. The number of aromatic nitrogens is 1. The lowest BCUT2D eigenvalue weighted by Gasteiger charge is -2.30. The predicted octanol–water partition coefficient (Wildman–Crippen LogP) is 3.50. The van der Waals surface area contributed by atoms with Crippen LogP contribution in [0.2, 0.25) is 10.0 Å². The van der Waals surface area contributed by atoms with Crippen molar-refractivity contribution in [1.29, 1.82) is 0 Å². The number of anilines is 1. The van der Waals surface area contributed by atoms with Crippen LogP contribution in [0.3, 0.4) is 0 Å². The number of hydrogen-bond donors (Lipinski definition) is 2. The lowest BCUT2D eigenvalue weighted by molar-refractivity contribution is -0.124. The van der Waals surface area contributed by atoms with Gasteiger partial charge < -0.3 is 10.2 Å². The number of thiocarbonyl (C=S) groups is 1. The Morgan fingerprint density at radius 2 is 2.06 bits per heavy atom. The Bertz CT molecular complexity index is 991. The average Bonchev–Trinajstić information content (AvgIpc) is 3.35. The standard InChI is InChI=1S/C20H18Cl2F2N4O2S/c21-12-5-11(6-13(22)7-12)20(19(23)24)3-4-28(10-20)14-1-2-15(25-8-14)18(31)26-16-9-30-27-17(16)29/h1-2,5-8,16,19H,3-4,9-10H2,(H,26,31)(H,27,29). The summed E-state index contributed by atoms with van der Waals surface area (Å²) in [6.07, 6.45) is -0.753. The van der Waals surface area contributed by atoms with Crippen LogP contribution in [0, 0.1) is 0 Å². The number of rotatable bonds is 5. The van der Waals surface area contributed by atoms with Gasteiger partial charge in [-0.1, -0.05) is 35.4 Å². The summed E-state index contributed by atoms with van der Waals surface area (Å²) in [5.74, 6) is -0.305. The van der Waals surface area contributed by atoms with E-state index in [1.807, 2.05) is 4.90 Å². The molecule has 1 aromatic heterocycles. The zero-order valence-electron chi connectivity index (χ0n) is 16.1. The van der Waals surface area contributed by atoms with Crippen LogP contribution in [0.5, 0.6) is 0 Å². The second-order valence-corrected chi connectivity index (χ2v) is 8.77. The van der Waals surface area contributed by atoms with Crippen molar-refractivity contribution in [2.45, 2.75) is 24.3 Å². The Morgan fingerprint density at radius 3 is 2.65 bits per heavy atom. The number of nitrogens with one attached hydrogen (secondary N) is 2.